The highest BCUT2D eigenvalue weighted by Gasteiger charge is 2.31. The molecule has 1 fully saturated rings. The van der Waals surface area contributed by atoms with Crippen molar-refractivity contribution in [2.45, 2.75) is 32.2 Å². The number of rotatable bonds is 6. The van der Waals surface area contributed by atoms with Gasteiger partial charge in [0.05, 0.1) is 12.7 Å². The Kier molecular flexibility index (Phi) is 5.50. The molecular formula is C18H22N4O4. The summed E-state index contributed by atoms with van der Waals surface area (Å²) < 4.78 is 10.6. The predicted molar refractivity (Wildman–Crippen MR) is 93.4 cm³/mol. The highest BCUT2D eigenvalue weighted by atomic mass is 16.5. The normalized spacial score (nSPS) is 17.1. The van der Waals surface area contributed by atoms with Crippen molar-refractivity contribution in [2.24, 2.45) is 0 Å². The Balaban J connectivity index is 1.64. The van der Waals surface area contributed by atoms with Gasteiger partial charge in [-0.25, -0.2) is 0 Å². The number of hydrogen-bond donors (Lipinski definition) is 1. The van der Waals surface area contributed by atoms with Crippen LogP contribution >= 0.6 is 0 Å². The summed E-state index contributed by atoms with van der Waals surface area (Å²) in [5.74, 6) is 1.29. The smallest absolute Gasteiger partial charge is 0.242 e. The van der Waals surface area contributed by atoms with Crippen molar-refractivity contribution in [3.8, 4) is 17.1 Å². The number of carbonyl (C=O) groups excluding carboxylic acids is 2. The number of methoxy groups -OCH3 is 1. The van der Waals surface area contributed by atoms with E-state index in [1.165, 1.54) is 0 Å². The highest BCUT2D eigenvalue weighted by molar-refractivity contribution is 5.88. The standard InChI is InChI=1S/C18H22N4O4/c1-3-13-18(24)19-10-11-22(13)16(23)9-8-15-20-17(21-26-15)12-6-4-5-7-14(12)25-2/h4-7,13H,3,8-11H2,1-2H3,(H,19,24)/t13-/m1/s1. The SMILES string of the molecule is CC[C@@H]1C(=O)NCCN1C(=O)CCc1nc(-c2ccccc2OC)no1. The first-order valence-electron chi connectivity index (χ1n) is 8.67. The van der Waals surface area contributed by atoms with Crippen LogP contribution in [0.1, 0.15) is 25.7 Å². The van der Waals surface area contributed by atoms with Gasteiger partial charge in [-0.2, -0.15) is 4.98 Å². The van der Waals surface area contributed by atoms with Crippen LogP contribution in [0.15, 0.2) is 28.8 Å². The van der Waals surface area contributed by atoms with Crippen LogP contribution in [0.5, 0.6) is 5.75 Å². The highest BCUT2D eigenvalue weighted by Crippen LogP contribution is 2.27. The molecule has 1 saturated heterocycles. The van der Waals surface area contributed by atoms with Gasteiger partial charge in [0, 0.05) is 25.9 Å². The van der Waals surface area contributed by atoms with E-state index in [9.17, 15) is 9.59 Å². The first-order valence-corrected chi connectivity index (χ1v) is 8.67. The van der Waals surface area contributed by atoms with Gasteiger partial charge < -0.3 is 19.5 Å². The molecule has 2 aromatic rings. The lowest BCUT2D eigenvalue weighted by molar-refractivity contribution is -0.143. The summed E-state index contributed by atoms with van der Waals surface area (Å²) in [6, 6.07) is 6.99. The second-order valence-electron chi connectivity index (χ2n) is 6.01. The maximum atomic E-state index is 12.5. The van der Waals surface area contributed by atoms with Crippen LogP contribution in [-0.4, -0.2) is 53.1 Å². The second-order valence-corrected chi connectivity index (χ2v) is 6.01. The fraction of sp³-hybridized carbons (Fsp3) is 0.444. The molecule has 0 radical (unpaired) electrons. The zero-order valence-corrected chi connectivity index (χ0v) is 14.9. The fourth-order valence-electron chi connectivity index (χ4n) is 3.07. The van der Waals surface area contributed by atoms with E-state index in [0.717, 1.165) is 5.56 Å². The van der Waals surface area contributed by atoms with Crippen LogP contribution in [0, 0.1) is 0 Å². The number of piperazine rings is 1. The number of benzene rings is 1. The predicted octanol–water partition coefficient (Wildman–Crippen LogP) is 1.41. The van der Waals surface area contributed by atoms with E-state index in [0.29, 0.717) is 43.4 Å². The van der Waals surface area contributed by atoms with E-state index in [1.54, 1.807) is 12.0 Å². The molecule has 1 aliphatic rings. The van der Waals surface area contributed by atoms with Gasteiger partial charge in [-0.15, -0.1) is 0 Å². The summed E-state index contributed by atoms with van der Waals surface area (Å²) in [5.41, 5.74) is 0.732. The van der Waals surface area contributed by atoms with Crippen molar-refractivity contribution in [1.82, 2.24) is 20.4 Å². The maximum absolute atomic E-state index is 12.5. The summed E-state index contributed by atoms with van der Waals surface area (Å²) in [6.07, 6.45) is 1.14. The third kappa shape index (κ3) is 3.68. The molecule has 2 amide bonds. The molecule has 3 rings (SSSR count). The lowest BCUT2D eigenvalue weighted by Crippen LogP contribution is -2.56. The molecule has 0 aliphatic carbocycles. The molecule has 138 valence electrons. The van der Waals surface area contributed by atoms with E-state index in [1.807, 2.05) is 31.2 Å². The molecule has 0 bridgehead atoms. The van der Waals surface area contributed by atoms with Crippen LogP contribution in [-0.2, 0) is 16.0 Å². The number of carbonyl (C=O) groups is 2. The first kappa shape index (κ1) is 17.9. The zero-order chi connectivity index (χ0) is 18.5. The molecule has 0 spiro atoms. The summed E-state index contributed by atoms with van der Waals surface area (Å²) in [4.78, 5) is 30.4. The summed E-state index contributed by atoms with van der Waals surface area (Å²) in [6.45, 7) is 2.91. The van der Waals surface area contributed by atoms with Gasteiger partial charge in [-0.05, 0) is 18.6 Å². The van der Waals surface area contributed by atoms with Crippen LogP contribution in [0.4, 0.5) is 0 Å². The van der Waals surface area contributed by atoms with Crippen LogP contribution in [0.3, 0.4) is 0 Å². The van der Waals surface area contributed by atoms with E-state index in [-0.39, 0.29) is 18.2 Å². The lowest BCUT2D eigenvalue weighted by Gasteiger charge is -2.34. The fourth-order valence-corrected chi connectivity index (χ4v) is 3.07. The molecule has 1 N–H and O–H groups in total. The van der Waals surface area contributed by atoms with Gasteiger partial charge in [0.2, 0.25) is 23.5 Å². The minimum absolute atomic E-state index is 0.0799. The minimum atomic E-state index is -0.400. The van der Waals surface area contributed by atoms with Crippen molar-refractivity contribution in [1.29, 1.82) is 0 Å². The molecule has 1 aromatic heterocycles. The molecule has 1 aliphatic heterocycles. The largest absolute Gasteiger partial charge is 0.496 e. The molecule has 1 atom stereocenters. The Bertz CT molecular complexity index is 789. The van der Waals surface area contributed by atoms with Gasteiger partial charge in [-0.1, -0.05) is 24.2 Å². The van der Waals surface area contributed by atoms with Crippen molar-refractivity contribution >= 4 is 11.8 Å². The quantitative estimate of drug-likeness (QED) is 0.839. The van der Waals surface area contributed by atoms with Crippen LogP contribution in [0.2, 0.25) is 0 Å². The number of nitrogens with one attached hydrogen (secondary N) is 1. The lowest BCUT2D eigenvalue weighted by atomic mass is 10.1. The van der Waals surface area contributed by atoms with Crippen molar-refractivity contribution in [3.63, 3.8) is 0 Å². The van der Waals surface area contributed by atoms with Crippen molar-refractivity contribution in [2.75, 3.05) is 20.2 Å². The average molecular weight is 358 g/mol. The van der Waals surface area contributed by atoms with Crippen molar-refractivity contribution < 1.29 is 18.8 Å². The van der Waals surface area contributed by atoms with Gasteiger partial charge in [-0.3, -0.25) is 9.59 Å². The van der Waals surface area contributed by atoms with E-state index >= 15 is 0 Å². The number of amides is 2. The van der Waals surface area contributed by atoms with E-state index < -0.39 is 6.04 Å². The molecule has 1 aromatic carbocycles. The van der Waals surface area contributed by atoms with Gasteiger partial charge in [0.15, 0.2) is 0 Å². The topological polar surface area (TPSA) is 97.6 Å². The average Bonchev–Trinajstić information content (AvgIpc) is 3.14. The van der Waals surface area contributed by atoms with E-state index in [4.69, 9.17) is 9.26 Å². The number of ether oxygens (including phenoxy) is 1. The van der Waals surface area contributed by atoms with Gasteiger partial charge in [0.1, 0.15) is 11.8 Å². The maximum Gasteiger partial charge on any atom is 0.242 e. The molecule has 2 heterocycles. The van der Waals surface area contributed by atoms with Gasteiger partial charge >= 0.3 is 0 Å². The first-order chi connectivity index (χ1) is 12.6. The summed E-state index contributed by atoms with van der Waals surface area (Å²) in [7, 11) is 1.58. The number of nitrogens with zero attached hydrogens (tertiary/aromatic N) is 3. The minimum Gasteiger partial charge on any atom is -0.496 e. The Morgan fingerprint density at radius 1 is 1.42 bits per heavy atom. The number of para-hydroxylation sites is 1. The Labute approximate surface area is 151 Å². The van der Waals surface area contributed by atoms with Crippen molar-refractivity contribution in [3.05, 3.63) is 30.2 Å². The molecule has 8 nitrogen and oxygen atoms in total. The third-order valence-electron chi connectivity index (χ3n) is 4.41. The molecular weight excluding hydrogens is 336 g/mol. The Morgan fingerprint density at radius 2 is 2.23 bits per heavy atom. The Hall–Kier alpha value is -2.90. The molecule has 0 unspecified atom stereocenters. The summed E-state index contributed by atoms with van der Waals surface area (Å²) in [5, 5.41) is 6.76. The van der Waals surface area contributed by atoms with Crippen LogP contribution in [0.25, 0.3) is 11.4 Å². The number of hydrogen-bond acceptors (Lipinski definition) is 6. The van der Waals surface area contributed by atoms with E-state index in [2.05, 4.69) is 15.5 Å². The van der Waals surface area contributed by atoms with Gasteiger partial charge in [0.25, 0.3) is 0 Å². The molecule has 8 heteroatoms. The number of aryl methyl sites for hydroxylation is 1. The Morgan fingerprint density at radius 3 is 3.00 bits per heavy atom. The molecule has 0 saturated carbocycles. The zero-order valence-electron chi connectivity index (χ0n) is 14.9. The summed E-state index contributed by atoms with van der Waals surface area (Å²) >= 11 is 0. The molecule has 26 heavy (non-hydrogen) atoms. The third-order valence-corrected chi connectivity index (χ3v) is 4.41. The number of aromatic nitrogens is 2. The van der Waals surface area contributed by atoms with Crippen LogP contribution < -0.4 is 10.1 Å². The monoisotopic (exact) mass is 358 g/mol. The second kappa shape index (κ2) is 7.99.